The molecule has 1 atom stereocenters. The molecule has 0 unspecified atom stereocenters. The van der Waals surface area contributed by atoms with Crippen molar-refractivity contribution in [3.05, 3.63) is 0 Å². The molecule has 0 saturated carbocycles. The van der Waals surface area contributed by atoms with Gasteiger partial charge in [0.15, 0.2) is 0 Å². The van der Waals surface area contributed by atoms with Gasteiger partial charge in [-0.3, -0.25) is 4.79 Å². The Morgan fingerprint density at radius 1 is 1.04 bits per heavy atom. The van der Waals surface area contributed by atoms with Crippen molar-refractivity contribution in [2.24, 2.45) is 0 Å². The summed E-state index contributed by atoms with van der Waals surface area (Å²) in [5.74, 6) is -0.743. The van der Waals surface area contributed by atoms with Gasteiger partial charge in [0.05, 0.1) is 6.61 Å². The number of carbonyl (C=O) groups is 3. The Morgan fingerprint density at radius 2 is 1.64 bits per heavy atom. The van der Waals surface area contributed by atoms with Gasteiger partial charge in [0, 0.05) is 12.0 Å². The summed E-state index contributed by atoms with van der Waals surface area (Å²) in [6.07, 6.45) is 1.18. The van der Waals surface area contributed by atoms with Gasteiger partial charge < -0.3 is 20.1 Å². The smallest absolute Gasteiger partial charge is 0.408 e. The van der Waals surface area contributed by atoms with Crippen LogP contribution in [0.15, 0.2) is 0 Å². The minimum atomic E-state index is -0.919. The summed E-state index contributed by atoms with van der Waals surface area (Å²) in [4.78, 5) is 36.1. The number of esters is 1. The van der Waals surface area contributed by atoms with Crippen molar-refractivity contribution < 1.29 is 23.9 Å². The molecular weight excluding hydrogens is 324 g/mol. The predicted octanol–water partition coefficient (Wildman–Crippen LogP) is 2.92. The van der Waals surface area contributed by atoms with E-state index >= 15 is 0 Å². The van der Waals surface area contributed by atoms with Crippen molar-refractivity contribution in [1.82, 2.24) is 10.6 Å². The van der Waals surface area contributed by atoms with Crippen molar-refractivity contribution in [2.75, 3.05) is 6.61 Å². The fourth-order valence-corrected chi connectivity index (χ4v) is 1.87. The van der Waals surface area contributed by atoms with Gasteiger partial charge >= 0.3 is 12.1 Å². The first-order chi connectivity index (χ1) is 11.3. The van der Waals surface area contributed by atoms with Crippen molar-refractivity contribution in [3.8, 4) is 0 Å². The highest BCUT2D eigenvalue weighted by Crippen LogP contribution is 2.09. The molecular formula is C18H34N2O5. The molecule has 0 radical (unpaired) electrons. The molecule has 0 saturated heterocycles. The summed E-state index contributed by atoms with van der Waals surface area (Å²) in [6, 6.07) is -0.919. The van der Waals surface area contributed by atoms with Gasteiger partial charge in [-0.2, -0.15) is 0 Å². The fraction of sp³-hybridized carbons (Fsp3) is 0.833. The lowest BCUT2D eigenvalue weighted by atomic mass is 10.1. The SMILES string of the molecule is CCCCOC(=O)[C@H](CCC(=O)NC(C)(C)C)NC(=O)OC(C)(C)C. The Balaban J connectivity index is 4.74. The molecule has 2 N–H and O–H groups in total. The normalized spacial score (nSPS) is 12.9. The van der Waals surface area contributed by atoms with Gasteiger partial charge in [-0.05, 0) is 54.4 Å². The molecule has 0 heterocycles. The molecule has 0 aromatic heterocycles. The molecule has 0 rings (SSSR count). The third-order valence-corrected chi connectivity index (χ3v) is 2.89. The van der Waals surface area contributed by atoms with Crippen molar-refractivity contribution in [2.45, 2.75) is 91.3 Å². The number of hydrogen-bond donors (Lipinski definition) is 2. The standard InChI is InChI=1S/C18H34N2O5/c1-8-9-12-24-15(22)13(19-16(23)25-18(5,6)7)10-11-14(21)20-17(2,3)4/h13H,8-12H2,1-7H3,(H,19,23)(H,20,21)/t13-/m0/s1. The average Bonchev–Trinajstić information content (AvgIpc) is 2.39. The molecule has 0 bridgehead atoms. The summed E-state index contributed by atoms with van der Waals surface area (Å²) in [5, 5.41) is 5.33. The zero-order valence-corrected chi connectivity index (χ0v) is 16.7. The minimum absolute atomic E-state index is 0.0978. The monoisotopic (exact) mass is 358 g/mol. The van der Waals surface area contributed by atoms with E-state index in [0.717, 1.165) is 12.8 Å². The van der Waals surface area contributed by atoms with Crippen LogP contribution in [0.4, 0.5) is 4.79 Å². The molecule has 0 aliphatic rings. The van der Waals surface area contributed by atoms with E-state index in [4.69, 9.17) is 9.47 Å². The second-order valence-electron chi connectivity index (χ2n) is 8.06. The molecule has 2 amide bonds. The molecule has 0 spiro atoms. The predicted molar refractivity (Wildman–Crippen MR) is 96.2 cm³/mol. The van der Waals surface area contributed by atoms with Gasteiger partial charge in [0.25, 0.3) is 0 Å². The first kappa shape index (κ1) is 23.2. The van der Waals surface area contributed by atoms with Crippen LogP contribution in [0.1, 0.15) is 74.1 Å². The first-order valence-corrected chi connectivity index (χ1v) is 8.81. The summed E-state index contributed by atoms with van der Waals surface area (Å²) in [5.41, 5.74) is -1.03. The Morgan fingerprint density at radius 3 is 2.12 bits per heavy atom. The summed E-state index contributed by atoms with van der Waals surface area (Å²) in [6.45, 7) is 13.1. The lowest BCUT2D eigenvalue weighted by molar-refractivity contribution is -0.146. The van der Waals surface area contributed by atoms with Crippen LogP contribution >= 0.6 is 0 Å². The van der Waals surface area contributed by atoms with Crippen LogP contribution in [-0.4, -0.2) is 41.8 Å². The number of rotatable bonds is 8. The topological polar surface area (TPSA) is 93.7 Å². The maximum Gasteiger partial charge on any atom is 0.408 e. The summed E-state index contributed by atoms with van der Waals surface area (Å²) >= 11 is 0. The number of hydrogen-bond acceptors (Lipinski definition) is 5. The maximum atomic E-state index is 12.2. The Hall–Kier alpha value is -1.79. The van der Waals surface area contributed by atoms with Crippen LogP contribution in [0.25, 0.3) is 0 Å². The number of carbonyl (C=O) groups excluding carboxylic acids is 3. The summed E-state index contributed by atoms with van der Waals surface area (Å²) < 4.78 is 10.3. The van der Waals surface area contributed by atoms with Gasteiger partial charge in [0.1, 0.15) is 11.6 Å². The van der Waals surface area contributed by atoms with Crippen molar-refractivity contribution in [1.29, 1.82) is 0 Å². The van der Waals surface area contributed by atoms with Crippen LogP contribution in [0, 0.1) is 0 Å². The summed E-state index contributed by atoms with van der Waals surface area (Å²) in [7, 11) is 0. The lowest BCUT2D eigenvalue weighted by Gasteiger charge is -2.24. The molecule has 0 aliphatic carbocycles. The van der Waals surface area contributed by atoms with Crippen LogP contribution in [0.5, 0.6) is 0 Å². The largest absolute Gasteiger partial charge is 0.464 e. The van der Waals surface area contributed by atoms with E-state index in [1.165, 1.54) is 0 Å². The van der Waals surface area contributed by atoms with Gasteiger partial charge in [0.2, 0.25) is 5.91 Å². The van der Waals surface area contributed by atoms with E-state index in [1.54, 1.807) is 20.8 Å². The third-order valence-electron chi connectivity index (χ3n) is 2.89. The van der Waals surface area contributed by atoms with Gasteiger partial charge in [-0.15, -0.1) is 0 Å². The van der Waals surface area contributed by atoms with E-state index < -0.39 is 23.7 Å². The van der Waals surface area contributed by atoms with E-state index in [9.17, 15) is 14.4 Å². The van der Waals surface area contributed by atoms with Crippen molar-refractivity contribution in [3.63, 3.8) is 0 Å². The number of nitrogens with one attached hydrogen (secondary N) is 2. The van der Waals surface area contributed by atoms with Crippen LogP contribution < -0.4 is 10.6 Å². The van der Waals surface area contributed by atoms with E-state index in [2.05, 4.69) is 10.6 Å². The molecule has 0 aromatic carbocycles. The number of ether oxygens (including phenoxy) is 2. The second-order valence-corrected chi connectivity index (χ2v) is 8.06. The number of amides is 2. The number of unbranched alkanes of at least 4 members (excludes halogenated alkanes) is 1. The Labute approximate surface area is 151 Å². The van der Waals surface area contributed by atoms with Crippen LogP contribution in [0.3, 0.4) is 0 Å². The Bertz CT molecular complexity index is 449. The van der Waals surface area contributed by atoms with E-state index in [-0.39, 0.29) is 30.9 Å². The zero-order chi connectivity index (χ0) is 19.7. The maximum absolute atomic E-state index is 12.2. The average molecular weight is 358 g/mol. The van der Waals surface area contributed by atoms with E-state index in [0.29, 0.717) is 0 Å². The molecule has 0 fully saturated rings. The highest BCUT2D eigenvalue weighted by atomic mass is 16.6. The highest BCUT2D eigenvalue weighted by Gasteiger charge is 2.26. The van der Waals surface area contributed by atoms with Gasteiger partial charge in [-0.1, -0.05) is 13.3 Å². The quantitative estimate of drug-likeness (QED) is 0.514. The highest BCUT2D eigenvalue weighted by molar-refractivity contribution is 5.83. The molecule has 0 aliphatic heterocycles. The van der Waals surface area contributed by atoms with Crippen LogP contribution in [-0.2, 0) is 19.1 Å². The first-order valence-electron chi connectivity index (χ1n) is 8.81. The Kier molecular flexibility index (Phi) is 9.52. The third kappa shape index (κ3) is 13.2. The molecule has 7 heteroatoms. The molecule has 7 nitrogen and oxygen atoms in total. The molecule has 25 heavy (non-hydrogen) atoms. The zero-order valence-electron chi connectivity index (χ0n) is 16.7. The lowest BCUT2D eigenvalue weighted by Crippen LogP contribution is -2.46. The van der Waals surface area contributed by atoms with E-state index in [1.807, 2.05) is 27.7 Å². The molecule has 146 valence electrons. The minimum Gasteiger partial charge on any atom is -0.464 e. The van der Waals surface area contributed by atoms with Crippen LogP contribution in [0.2, 0.25) is 0 Å². The van der Waals surface area contributed by atoms with Crippen molar-refractivity contribution >= 4 is 18.0 Å². The van der Waals surface area contributed by atoms with Gasteiger partial charge in [-0.25, -0.2) is 9.59 Å². The second kappa shape index (κ2) is 10.3. The fourth-order valence-electron chi connectivity index (χ4n) is 1.87. The number of alkyl carbamates (subject to hydrolysis) is 1. The molecule has 0 aromatic rings.